The van der Waals surface area contributed by atoms with Crippen LogP contribution in [0.3, 0.4) is 0 Å². The van der Waals surface area contributed by atoms with Crippen molar-refractivity contribution in [3.8, 4) is 0 Å². The van der Waals surface area contributed by atoms with Crippen LogP contribution in [0.15, 0.2) is 0 Å². The van der Waals surface area contributed by atoms with E-state index in [0.717, 1.165) is 81.6 Å². The number of rotatable bonds is 14. The molecule has 3 aliphatic carbocycles. The molecule has 0 aromatic carbocycles. The second kappa shape index (κ2) is 20.0. The minimum Gasteiger partial charge on any atom is -0.377 e. The number of carbonyl (C=O) groups is 7. The predicted octanol–water partition coefficient (Wildman–Crippen LogP) is -0.437. The van der Waals surface area contributed by atoms with E-state index in [-0.39, 0.29) is 78.5 Å². The Labute approximate surface area is 392 Å². The topological polar surface area (TPSA) is 236 Å². The van der Waals surface area contributed by atoms with Crippen molar-refractivity contribution in [1.29, 1.82) is 0 Å². The van der Waals surface area contributed by atoms with Crippen molar-refractivity contribution < 1.29 is 46.7 Å². The Morgan fingerprint density at radius 3 is 2.36 bits per heavy atom. The van der Waals surface area contributed by atoms with Crippen LogP contribution in [0.5, 0.6) is 0 Å². The number of hydrogen-bond donors (Lipinski definition) is 5. The number of sulfonamides is 1. The lowest BCUT2D eigenvalue weighted by atomic mass is 9.68. The number of carbonyl (C=O) groups excluding carboxylic acids is 7. The van der Waals surface area contributed by atoms with Crippen LogP contribution in [0.2, 0.25) is 0 Å². The minimum absolute atomic E-state index is 0.111. The first-order chi connectivity index (χ1) is 31.7. The van der Waals surface area contributed by atoms with Gasteiger partial charge in [0.2, 0.25) is 51.4 Å². The highest BCUT2D eigenvalue weighted by Crippen LogP contribution is 2.54. The Morgan fingerprint density at radius 1 is 0.864 bits per heavy atom. The van der Waals surface area contributed by atoms with Gasteiger partial charge in [-0.3, -0.25) is 54.0 Å². The molecule has 9 rings (SSSR count). The van der Waals surface area contributed by atoms with E-state index in [4.69, 9.17) is 4.74 Å². The lowest BCUT2D eigenvalue weighted by molar-refractivity contribution is -0.151. The molecule has 0 bridgehead atoms. The second-order valence-corrected chi connectivity index (χ2v) is 23.8. The number of hydrogen-bond acceptors (Lipinski definition) is 14. The van der Waals surface area contributed by atoms with Crippen LogP contribution in [-0.2, 0) is 48.3 Å². The van der Waals surface area contributed by atoms with Gasteiger partial charge in [0.25, 0.3) is 0 Å². The van der Waals surface area contributed by atoms with Crippen molar-refractivity contribution in [2.24, 2.45) is 40.9 Å². The second-order valence-electron chi connectivity index (χ2n) is 20.7. The van der Waals surface area contributed by atoms with E-state index in [9.17, 15) is 42.0 Å². The van der Waals surface area contributed by atoms with Gasteiger partial charge in [0, 0.05) is 70.1 Å². The Morgan fingerprint density at radius 2 is 1.62 bits per heavy atom. The minimum atomic E-state index is -3.34. The number of nitrogens with one attached hydrogen (secondary N) is 5. The van der Waals surface area contributed by atoms with Crippen LogP contribution >= 0.6 is 11.8 Å². The molecular weight excluding hydrogens is 891 g/mol. The largest absolute Gasteiger partial charge is 0.377 e. The maximum Gasteiger partial charge on any atom is 0.249 e. The average Bonchev–Trinajstić information content (AvgIpc) is 3.59. The normalized spacial score (nSPS) is 36.5. The molecule has 6 saturated heterocycles. The predicted molar refractivity (Wildman–Crippen MR) is 242 cm³/mol. The molecule has 9 aliphatic rings. The highest BCUT2D eigenvalue weighted by atomic mass is 32.2. The average molecular weight is 960 g/mol. The van der Waals surface area contributed by atoms with Gasteiger partial charge in [-0.2, -0.15) is 0 Å². The number of ether oxygens (including phenoxy) is 1. The third kappa shape index (κ3) is 10.4. The number of thioether (sulfide) groups is 1. The summed E-state index contributed by atoms with van der Waals surface area (Å²) in [6.45, 7) is 5.41. The van der Waals surface area contributed by atoms with Gasteiger partial charge >= 0.3 is 0 Å². The molecular formula is C45H69N9O10S2. The molecule has 0 radical (unpaired) electrons. The Kier molecular flexibility index (Phi) is 14.5. The molecule has 3 saturated carbocycles. The lowest BCUT2D eigenvalue weighted by Gasteiger charge is -2.44. The molecule has 6 heterocycles. The van der Waals surface area contributed by atoms with E-state index >= 15 is 0 Å². The van der Waals surface area contributed by atoms with Crippen LogP contribution in [0.1, 0.15) is 89.9 Å². The number of amides is 7. The number of fused-ring (bicyclic) bond motifs is 1. The third-order valence-electron chi connectivity index (χ3n) is 16.7. The van der Waals surface area contributed by atoms with E-state index in [0.29, 0.717) is 81.6 Å². The quantitative estimate of drug-likeness (QED) is 0.139. The van der Waals surface area contributed by atoms with Crippen LogP contribution in [0.4, 0.5) is 0 Å². The number of likely N-dealkylation sites (tertiary alicyclic amines) is 1. The zero-order chi connectivity index (χ0) is 46.3. The summed E-state index contributed by atoms with van der Waals surface area (Å²) in [6.07, 6.45) is 12.1. The molecule has 11 atom stereocenters. The van der Waals surface area contributed by atoms with Crippen molar-refractivity contribution in [2.45, 2.75) is 120 Å². The van der Waals surface area contributed by atoms with Gasteiger partial charge in [-0.1, -0.05) is 12.8 Å². The van der Waals surface area contributed by atoms with Crippen molar-refractivity contribution in [1.82, 2.24) is 45.6 Å². The summed E-state index contributed by atoms with van der Waals surface area (Å²) in [5.41, 5.74) is -0.538. The van der Waals surface area contributed by atoms with E-state index < -0.39 is 39.7 Å². The fraction of sp³-hybridized carbons (Fsp3) is 0.844. The molecule has 7 amide bonds. The molecule has 6 aliphatic heterocycles. The molecule has 11 unspecified atom stereocenters. The van der Waals surface area contributed by atoms with Crippen LogP contribution in [0.25, 0.3) is 0 Å². The zero-order valence-electron chi connectivity index (χ0n) is 38.2. The summed E-state index contributed by atoms with van der Waals surface area (Å²) in [7, 11) is -3.34. The number of piperazine rings is 1. The number of nitrogens with zero attached hydrogens (tertiary/aromatic N) is 4. The lowest BCUT2D eigenvalue weighted by Crippen LogP contribution is -2.56. The maximum absolute atomic E-state index is 14.3. The summed E-state index contributed by atoms with van der Waals surface area (Å²) in [4.78, 5) is 95.9. The van der Waals surface area contributed by atoms with Gasteiger partial charge in [0.05, 0.1) is 48.7 Å². The van der Waals surface area contributed by atoms with E-state index in [1.54, 1.807) is 11.8 Å². The highest BCUT2D eigenvalue weighted by Gasteiger charge is 2.58. The zero-order valence-corrected chi connectivity index (χ0v) is 39.8. The monoisotopic (exact) mass is 959 g/mol. The van der Waals surface area contributed by atoms with Gasteiger partial charge in [-0.05, 0) is 94.9 Å². The molecule has 366 valence electrons. The summed E-state index contributed by atoms with van der Waals surface area (Å²) in [6, 6.07) is -0.432. The molecule has 0 aromatic heterocycles. The third-order valence-corrected chi connectivity index (χ3v) is 19.1. The van der Waals surface area contributed by atoms with E-state index in [1.165, 1.54) is 17.1 Å². The molecule has 19 nitrogen and oxygen atoms in total. The first kappa shape index (κ1) is 47.8. The van der Waals surface area contributed by atoms with Crippen molar-refractivity contribution in [3.05, 3.63) is 0 Å². The van der Waals surface area contributed by atoms with Crippen LogP contribution in [0, 0.1) is 40.9 Å². The summed E-state index contributed by atoms with van der Waals surface area (Å²) >= 11 is 1.69. The van der Waals surface area contributed by atoms with Crippen molar-refractivity contribution in [2.75, 3.05) is 77.5 Å². The number of piperidine rings is 2. The molecule has 66 heavy (non-hydrogen) atoms. The van der Waals surface area contributed by atoms with Crippen molar-refractivity contribution >= 4 is 63.1 Å². The Bertz CT molecular complexity index is 2020. The smallest absolute Gasteiger partial charge is 0.249 e. The SMILES string of the molecule is CS(=O)(=O)N1CCC(C(=O)NCC(=O)NC2NC(C3CCCC(C4CCNC(C5(C(=O)N6CCN(CCOC7CCC8C(=O)N(C9CCC(=O)NC9=O)C(=O)C8C7)CC6)CC5)C4)C3)CS2)C1. The molecule has 0 aromatic rings. The van der Waals surface area contributed by atoms with Gasteiger partial charge in [0.15, 0.2) is 0 Å². The van der Waals surface area contributed by atoms with Crippen LogP contribution in [-0.4, -0.2) is 176 Å². The first-order valence-electron chi connectivity index (χ1n) is 24.6. The summed E-state index contributed by atoms with van der Waals surface area (Å²) < 4.78 is 31.2. The highest BCUT2D eigenvalue weighted by molar-refractivity contribution is 8.00. The summed E-state index contributed by atoms with van der Waals surface area (Å²) in [5, 5.41) is 15.4. The Balaban J connectivity index is 0.675. The standard InChI is InChI=1S/C45H69N9O10S2/c1-66(62,63)53-14-10-30(25-53)39(57)47-24-38(56)50-44-48-34(26-65-44)29-4-2-3-27(21-29)28-9-13-46-36(22-28)45(11-12-45)43(61)52-17-15-51(16-18-52)19-20-64-31-5-6-32-33(23-31)42(60)54(41(32)59)35-7-8-37(55)49-40(35)58/h27-36,44,46,48H,2-26H2,1H3,(H,47,57)(H,50,56)(H,49,55,58). The Hall–Kier alpha value is -3.21. The van der Waals surface area contributed by atoms with Gasteiger partial charge < -0.3 is 25.6 Å². The maximum atomic E-state index is 14.3. The number of imide groups is 2. The van der Waals surface area contributed by atoms with Gasteiger partial charge in [0.1, 0.15) is 11.5 Å². The fourth-order valence-electron chi connectivity index (χ4n) is 12.7. The van der Waals surface area contributed by atoms with E-state index in [1.807, 2.05) is 0 Å². The first-order valence-corrected chi connectivity index (χ1v) is 27.5. The molecule has 9 fully saturated rings. The molecule has 21 heteroatoms. The van der Waals surface area contributed by atoms with Crippen molar-refractivity contribution in [3.63, 3.8) is 0 Å². The summed E-state index contributed by atoms with van der Waals surface area (Å²) in [5.74, 6) is -0.623. The van der Waals surface area contributed by atoms with E-state index in [2.05, 4.69) is 36.4 Å². The molecule has 0 spiro atoms. The fourth-order valence-corrected chi connectivity index (χ4v) is 14.8. The van der Waals surface area contributed by atoms with Gasteiger partial charge in [-0.25, -0.2) is 12.7 Å². The van der Waals surface area contributed by atoms with Crippen LogP contribution < -0.4 is 26.6 Å². The van der Waals surface area contributed by atoms with Gasteiger partial charge in [-0.15, -0.1) is 11.8 Å². The molecule has 5 N–H and O–H groups in total.